The predicted molar refractivity (Wildman–Crippen MR) is 133 cm³/mol. The van der Waals surface area contributed by atoms with Crippen LogP contribution in [-0.2, 0) is 23.1 Å². The minimum atomic E-state index is -0.894. The molecule has 11 heteroatoms. The van der Waals surface area contributed by atoms with Crippen molar-refractivity contribution in [3.63, 3.8) is 0 Å². The highest BCUT2D eigenvalue weighted by atomic mass is 19.1. The van der Waals surface area contributed by atoms with E-state index in [4.69, 9.17) is 5.73 Å². The molecule has 194 valence electrons. The number of carbonyl (C=O) groups is 2. The normalized spacial score (nSPS) is 25.1. The minimum Gasteiger partial charge on any atom is -0.366 e. The molecule has 2 heterocycles. The Morgan fingerprint density at radius 2 is 1.95 bits per heavy atom. The zero-order valence-electron chi connectivity index (χ0n) is 20.7. The Labute approximate surface area is 218 Å². The fourth-order valence-corrected chi connectivity index (χ4v) is 6.45. The molecule has 1 saturated carbocycles. The number of rotatable bonds is 7. The van der Waals surface area contributed by atoms with Crippen molar-refractivity contribution in [2.24, 2.45) is 11.7 Å². The third-order valence-corrected chi connectivity index (χ3v) is 8.28. The number of hydrogen-bond acceptors (Lipinski definition) is 7. The average molecular weight is 515 g/mol. The third kappa shape index (κ3) is 3.92. The van der Waals surface area contributed by atoms with Crippen molar-refractivity contribution < 1.29 is 14.0 Å². The summed E-state index contributed by atoms with van der Waals surface area (Å²) in [5.41, 5.74) is 8.55. The number of nitrogens with one attached hydrogen (secondary N) is 2. The molecule has 2 amide bonds. The second-order valence-corrected chi connectivity index (χ2v) is 10.4. The van der Waals surface area contributed by atoms with E-state index in [1.165, 1.54) is 12.1 Å². The number of nitrogens with zero attached hydrogens (tertiary/aromatic N) is 5. The highest BCUT2D eigenvalue weighted by molar-refractivity contribution is 5.93. The summed E-state index contributed by atoms with van der Waals surface area (Å²) in [6.07, 6.45) is 3.32. The Hall–Kier alpha value is -4.17. The lowest BCUT2D eigenvalue weighted by molar-refractivity contribution is -0.131. The lowest BCUT2D eigenvalue weighted by Crippen LogP contribution is -2.44. The first kappa shape index (κ1) is 24.2. The van der Waals surface area contributed by atoms with E-state index in [0.29, 0.717) is 43.1 Å². The van der Waals surface area contributed by atoms with Crippen LogP contribution >= 0.6 is 0 Å². The van der Waals surface area contributed by atoms with Gasteiger partial charge in [0.05, 0.1) is 18.0 Å². The van der Waals surface area contributed by atoms with Crippen LogP contribution in [0.1, 0.15) is 57.7 Å². The van der Waals surface area contributed by atoms with Crippen LogP contribution < -0.4 is 11.1 Å². The molecule has 1 saturated heterocycles. The van der Waals surface area contributed by atoms with E-state index < -0.39 is 11.3 Å². The molecule has 4 N–H and O–H groups in total. The highest BCUT2D eigenvalue weighted by Crippen LogP contribution is 2.48. The lowest BCUT2D eigenvalue weighted by Gasteiger charge is -2.34. The summed E-state index contributed by atoms with van der Waals surface area (Å²) in [4.78, 5) is 26.7. The molecule has 4 atom stereocenters. The average Bonchev–Trinajstić information content (AvgIpc) is 3.31. The van der Waals surface area contributed by atoms with Crippen LogP contribution in [-0.4, -0.2) is 62.5 Å². The number of fused-ring (bicyclic) bond motifs is 3. The molecule has 6 rings (SSSR count). The molecule has 2 fully saturated rings. The summed E-state index contributed by atoms with van der Waals surface area (Å²) >= 11 is 0. The molecule has 2 aliphatic carbocycles. The Balaban J connectivity index is 1.35. The second kappa shape index (κ2) is 9.29. The topological polar surface area (TPSA) is 154 Å². The largest absolute Gasteiger partial charge is 0.366 e. The molecule has 2 aromatic carbocycles. The van der Waals surface area contributed by atoms with Gasteiger partial charge in [-0.2, -0.15) is 5.26 Å². The Morgan fingerprint density at radius 1 is 1.18 bits per heavy atom. The van der Waals surface area contributed by atoms with Crippen LogP contribution in [0.4, 0.5) is 4.39 Å². The lowest BCUT2D eigenvalue weighted by atomic mass is 9.69. The van der Waals surface area contributed by atoms with Gasteiger partial charge in [0.1, 0.15) is 11.9 Å². The Bertz CT molecular complexity index is 1450. The number of benzene rings is 2. The molecule has 3 aliphatic rings. The summed E-state index contributed by atoms with van der Waals surface area (Å²) in [6, 6.07) is 12.2. The first-order valence-corrected chi connectivity index (χ1v) is 12.8. The van der Waals surface area contributed by atoms with Crippen LogP contribution in [0.5, 0.6) is 0 Å². The van der Waals surface area contributed by atoms with Gasteiger partial charge in [0.2, 0.25) is 11.8 Å². The van der Waals surface area contributed by atoms with E-state index >= 15 is 0 Å². The molecular weight excluding hydrogens is 487 g/mol. The summed E-state index contributed by atoms with van der Waals surface area (Å²) < 4.78 is 14.4. The number of halogens is 1. The number of aromatic amines is 1. The van der Waals surface area contributed by atoms with Crippen molar-refractivity contribution >= 4 is 11.8 Å². The third-order valence-electron chi connectivity index (χ3n) is 8.28. The fraction of sp³-hybridized carbons (Fsp3) is 0.407. The summed E-state index contributed by atoms with van der Waals surface area (Å²) in [7, 11) is 0. The van der Waals surface area contributed by atoms with Crippen LogP contribution in [0.2, 0.25) is 0 Å². The van der Waals surface area contributed by atoms with Crippen LogP contribution in [0, 0.1) is 23.1 Å². The second-order valence-electron chi connectivity index (χ2n) is 10.4. The number of nitrogens with two attached hydrogens (primary N) is 1. The van der Waals surface area contributed by atoms with Crippen molar-refractivity contribution in [1.82, 2.24) is 30.8 Å². The molecule has 0 spiro atoms. The number of amides is 2. The van der Waals surface area contributed by atoms with Crippen LogP contribution in [0.3, 0.4) is 0 Å². The molecule has 2 unspecified atom stereocenters. The van der Waals surface area contributed by atoms with E-state index in [0.717, 1.165) is 35.1 Å². The SMILES string of the molecule is N#CC1C[C@@H]2C[C@@H]2N1C(=O)CNCCC1(c2nnn[nH]2)c2ccc(F)cc2CCc2cc(C(N)=O)ccc21. The van der Waals surface area contributed by atoms with E-state index in [1.807, 2.05) is 6.07 Å². The van der Waals surface area contributed by atoms with Gasteiger partial charge in [-0.1, -0.05) is 12.1 Å². The van der Waals surface area contributed by atoms with Crippen LogP contribution in [0.15, 0.2) is 36.4 Å². The molecule has 1 aliphatic heterocycles. The number of hydrogen-bond donors (Lipinski definition) is 3. The van der Waals surface area contributed by atoms with Gasteiger partial charge >= 0.3 is 0 Å². The molecule has 38 heavy (non-hydrogen) atoms. The molecule has 10 nitrogen and oxygen atoms in total. The Morgan fingerprint density at radius 3 is 2.66 bits per heavy atom. The first-order valence-electron chi connectivity index (χ1n) is 12.8. The molecule has 0 radical (unpaired) electrons. The molecule has 1 aromatic heterocycles. The van der Waals surface area contributed by atoms with Crippen molar-refractivity contribution in [2.75, 3.05) is 13.1 Å². The summed E-state index contributed by atoms with van der Waals surface area (Å²) in [6.45, 7) is 0.523. The smallest absolute Gasteiger partial charge is 0.248 e. The minimum absolute atomic E-state index is 0.0771. The van der Waals surface area contributed by atoms with Gasteiger partial charge in [-0.05, 0) is 102 Å². The van der Waals surface area contributed by atoms with Crippen molar-refractivity contribution in [1.29, 1.82) is 5.26 Å². The fourth-order valence-electron chi connectivity index (χ4n) is 6.45. The molecule has 0 bridgehead atoms. The maximum Gasteiger partial charge on any atom is 0.248 e. The first-order chi connectivity index (χ1) is 18.4. The number of H-pyrrole nitrogens is 1. The highest BCUT2D eigenvalue weighted by Gasteiger charge is 2.54. The van der Waals surface area contributed by atoms with E-state index in [1.54, 1.807) is 23.1 Å². The van der Waals surface area contributed by atoms with Gasteiger partial charge in [0, 0.05) is 11.6 Å². The zero-order valence-corrected chi connectivity index (χ0v) is 20.7. The quantitative estimate of drug-likeness (QED) is 0.402. The van der Waals surface area contributed by atoms with Gasteiger partial charge in [0.25, 0.3) is 0 Å². The van der Waals surface area contributed by atoms with Gasteiger partial charge in [-0.15, -0.1) is 5.10 Å². The number of aromatic nitrogens is 4. The Kier molecular flexibility index (Phi) is 5.91. The van der Waals surface area contributed by atoms with Gasteiger partial charge < -0.3 is 16.0 Å². The number of nitriles is 1. The maximum atomic E-state index is 14.4. The summed E-state index contributed by atoms with van der Waals surface area (Å²) in [5, 5.41) is 27.6. The van der Waals surface area contributed by atoms with Gasteiger partial charge in [-0.25, -0.2) is 9.49 Å². The monoisotopic (exact) mass is 514 g/mol. The number of primary amides is 1. The van der Waals surface area contributed by atoms with E-state index in [2.05, 4.69) is 32.0 Å². The number of aryl methyl sites for hydroxylation is 2. The van der Waals surface area contributed by atoms with Crippen molar-refractivity contribution in [3.8, 4) is 6.07 Å². The van der Waals surface area contributed by atoms with Gasteiger partial charge in [0.15, 0.2) is 5.82 Å². The zero-order chi connectivity index (χ0) is 26.4. The maximum absolute atomic E-state index is 14.4. The van der Waals surface area contributed by atoms with Crippen molar-refractivity contribution in [2.45, 2.75) is 49.6 Å². The standard InChI is InChI=1S/C27H27FN8O2/c28-19-4-6-22-16(10-19)2-1-15-9-17(25(30)38)3-5-21(15)27(22,26-32-34-35-33-26)7-8-31-14-24(37)36-20(13-29)11-18-12-23(18)36/h3-6,9-10,18,20,23,31H,1-2,7-8,11-12,14H2,(H2,30,38)(H,32,33,34,35)/t18-,20?,23+,27?/m1/s1. The number of likely N-dealkylation sites (tertiary alicyclic amines) is 1. The van der Waals surface area contributed by atoms with E-state index in [-0.39, 0.29) is 30.4 Å². The molecule has 3 aromatic rings. The summed E-state index contributed by atoms with van der Waals surface area (Å²) in [5.74, 6) is 0.000680. The number of piperidine rings is 1. The van der Waals surface area contributed by atoms with Crippen LogP contribution in [0.25, 0.3) is 0 Å². The van der Waals surface area contributed by atoms with Crippen molar-refractivity contribution in [3.05, 3.63) is 75.9 Å². The predicted octanol–water partition coefficient (Wildman–Crippen LogP) is 1.36. The van der Waals surface area contributed by atoms with E-state index in [9.17, 15) is 19.2 Å². The number of carbonyl (C=O) groups excluding carboxylic acids is 2. The number of tetrazole rings is 1. The van der Waals surface area contributed by atoms with Gasteiger partial charge in [-0.3, -0.25) is 9.59 Å². The molecular formula is C27H27FN8O2.